The number of hydrogen-bond acceptors (Lipinski definition) is 5. The number of benzene rings is 2. The van der Waals surface area contributed by atoms with E-state index < -0.39 is 0 Å². The molecule has 0 unspecified atom stereocenters. The minimum atomic E-state index is 0.559. The van der Waals surface area contributed by atoms with Crippen LogP contribution in [-0.2, 0) is 4.74 Å². The van der Waals surface area contributed by atoms with Gasteiger partial charge in [-0.05, 0) is 24.6 Å². The molecule has 1 fully saturated rings. The van der Waals surface area contributed by atoms with Crippen LogP contribution in [0.2, 0.25) is 5.02 Å². The Kier molecular flexibility index (Phi) is 5.23. The Labute approximate surface area is 164 Å². The van der Waals surface area contributed by atoms with Crippen LogP contribution in [0.4, 0.5) is 17.5 Å². The molecular weight excluding hydrogens is 360 g/mol. The third-order valence-corrected chi connectivity index (χ3v) is 5.04. The average Bonchev–Trinajstić information content (AvgIpc) is 2.72. The molecule has 0 radical (unpaired) electrons. The Hall–Kier alpha value is -2.63. The van der Waals surface area contributed by atoms with Gasteiger partial charge in [0, 0.05) is 35.4 Å². The lowest BCUT2D eigenvalue weighted by Crippen LogP contribution is -2.36. The van der Waals surface area contributed by atoms with Gasteiger partial charge in [-0.2, -0.15) is 4.98 Å². The van der Waals surface area contributed by atoms with Crippen molar-refractivity contribution in [3.63, 3.8) is 0 Å². The van der Waals surface area contributed by atoms with Gasteiger partial charge in [-0.3, -0.25) is 0 Å². The fourth-order valence-corrected chi connectivity index (χ4v) is 3.24. The highest BCUT2D eigenvalue weighted by atomic mass is 35.5. The Morgan fingerprint density at radius 3 is 2.56 bits per heavy atom. The zero-order valence-electron chi connectivity index (χ0n) is 15.2. The molecule has 1 aromatic heterocycles. The van der Waals surface area contributed by atoms with Crippen molar-refractivity contribution in [2.75, 3.05) is 36.5 Å². The molecule has 1 aliphatic heterocycles. The largest absolute Gasteiger partial charge is 0.378 e. The Bertz CT molecular complexity index is 927. The van der Waals surface area contributed by atoms with E-state index in [0.717, 1.165) is 41.4 Å². The maximum absolute atomic E-state index is 6.26. The number of hydrogen-bond donors (Lipinski definition) is 1. The highest BCUT2D eigenvalue weighted by Gasteiger charge is 2.16. The van der Waals surface area contributed by atoms with E-state index in [0.29, 0.717) is 24.2 Å². The number of nitrogens with zero attached hydrogens (tertiary/aromatic N) is 3. The zero-order chi connectivity index (χ0) is 18.6. The molecular formula is C21H21ClN4O. The maximum atomic E-state index is 6.26. The summed E-state index contributed by atoms with van der Waals surface area (Å²) in [5, 5.41) is 4.05. The Morgan fingerprint density at radius 1 is 1.00 bits per heavy atom. The number of ether oxygens (including phenoxy) is 1. The number of halogens is 1. The summed E-state index contributed by atoms with van der Waals surface area (Å²) in [6.07, 6.45) is 0. The number of nitrogens with one attached hydrogen (secondary N) is 1. The first-order chi connectivity index (χ1) is 13.2. The fraction of sp³-hybridized carbons (Fsp3) is 0.238. The average molecular weight is 381 g/mol. The van der Waals surface area contributed by atoms with Crippen molar-refractivity contribution in [2.45, 2.75) is 6.92 Å². The first-order valence-corrected chi connectivity index (χ1v) is 9.38. The van der Waals surface area contributed by atoms with Crippen LogP contribution < -0.4 is 10.2 Å². The molecule has 1 saturated heterocycles. The molecule has 1 aliphatic rings. The van der Waals surface area contributed by atoms with Gasteiger partial charge in [0.15, 0.2) is 0 Å². The van der Waals surface area contributed by atoms with Gasteiger partial charge >= 0.3 is 0 Å². The SMILES string of the molecule is Cc1c(Cl)cccc1Nc1nc(-c2ccccc2)cc(N2CCOCC2)n1. The zero-order valence-corrected chi connectivity index (χ0v) is 15.9. The molecule has 2 heterocycles. The second-order valence-electron chi connectivity index (χ2n) is 6.44. The second kappa shape index (κ2) is 7.94. The van der Waals surface area contributed by atoms with Crippen molar-refractivity contribution in [1.82, 2.24) is 9.97 Å². The lowest BCUT2D eigenvalue weighted by molar-refractivity contribution is 0.122. The van der Waals surface area contributed by atoms with Crippen molar-refractivity contribution < 1.29 is 4.74 Å². The van der Waals surface area contributed by atoms with Gasteiger partial charge in [-0.1, -0.05) is 48.0 Å². The predicted octanol–water partition coefficient (Wildman–Crippen LogP) is 4.69. The molecule has 0 atom stereocenters. The summed E-state index contributed by atoms with van der Waals surface area (Å²) in [6, 6.07) is 18.0. The third kappa shape index (κ3) is 4.04. The Balaban J connectivity index is 1.74. The van der Waals surface area contributed by atoms with E-state index in [-0.39, 0.29) is 0 Å². The van der Waals surface area contributed by atoms with E-state index >= 15 is 0 Å². The lowest BCUT2D eigenvalue weighted by Gasteiger charge is -2.28. The van der Waals surface area contributed by atoms with Crippen molar-refractivity contribution in [1.29, 1.82) is 0 Å². The lowest BCUT2D eigenvalue weighted by atomic mass is 10.1. The maximum Gasteiger partial charge on any atom is 0.229 e. The van der Waals surface area contributed by atoms with Gasteiger partial charge in [0.25, 0.3) is 0 Å². The van der Waals surface area contributed by atoms with Crippen LogP contribution in [0.25, 0.3) is 11.3 Å². The van der Waals surface area contributed by atoms with Crippen LogP contribution in [0.3, 0.4) is 0 Å². The second-order valence-corrected chi connectivity index (χ2v) is 6.85. The third-order valence-electron chi connectivity index (χ3n) is 4.63. The van der Waals surface area contributed by atoms with E-state index in [1.807, 2.05) is 49.4 Å². The highest BCUT2D eigenvalue weighted by molar-refractivity contribution is 6.31. The molecule has 138 valence electrons. The van der Waals surface area contributed by atoms with E-state index in [1.54, 1.807) is 0 Å². The molecule has 27 heavy (non-hydrogen) atoms. The fourth-order valence-electron chi connectivity index (χ4n) is 3.06. The van der Waals surface area contributed by atoms with E-state index in [4.69, 9.17) is 26.3 Å². The first kappa shape index (κ1) is 17.8. The summed E-state index contributed by atoms with van der Waals surface area (Å²) in [5.41, 5.74) is 3.82. The monoisotopic (exact) mass is 380 g/mol. The van der Waals surface area contributed by atoms with Gasteiger partial charge < -0.3 is 15.0 Å². The number of aromatic nitrogens is 2. The van der Waals surface area contributed by atoms with Gasteiger partial charge in [0.2, 0.25) is 5.95 Å². The van der Waals surface area contributed by atoms with E-state index in [9.17, 15) is 0 Å². The molecule has 2 aromatic carbocycles. The normalized spacial score (nSPS) is 14.2. The molecule has 0 saturated carbocycles. The van der Waals surface area contributed by atoms with Crippen LogP contribution in [0.15, 0.2) is 54.6 Å². The highest BCUT2D eigenvalue weighted by Crippen LogP contribution is 2.28. The summed E-state index contributed by atoms with van der Waals surface area (Å²) >= 11 is 6.26. The molecule has 0 bridgehead atoms. The molecule has 0 spiro atoms. The molecule has 6 heteroatoms. The molecule has 0 amide bonds. The van der Waals surface area contributed by atoms with Crippen molar-refractivity contribution in [3.8, 4) is 11.3 Å². The minimum Gasteiger partial charge on any atom is -0.378 e. The number of rotatable bonds is 4. The van der Waals surface area contributed by atoms with Crippen LogP contribution in [0.1, 0.15) is 5.56 Å². The van der Waals surface area contributed by atoms with Crippen molar-refractivity contribution in [3.05, 3.63) is 65.2 Å². The van der Waals surface area contributed by atoms with Crippen LogP contribution in [-0.4, -0.2) is 36.3 Å². The Morgan fingerprint density at radius 2 is 1.78 bits per heavy atom. The molecule has 5 nitrogen and oxygen atoms in total. The number of anilines is 3. The topological polar surface area (TPSA) is 50.3 Å². The molecule has 3 aromatic rings. The summed E-state index contributed by atoms with van der Waals surface area (Å²) in [5.74, 6) is 1.46. The van der Waals surface area contributed by atoms with Crippen molar-refractivity contribution >= 4 is 29.1 Å². The van der Waals surface area contributed by atoms with Gasteiger partial charge in [0.1, 0.15) is 5.82 Å². The quantitative estimate of drug-likeness (QED) is 0.711. The molecule has 4 rings (SSSR count). The predicted molar refractivity (Wildman–Crippen MR) is 110 cm³/mol. The van der Waals surface area contributed by atoms with Gasteiger partial charge in [-0.15, -0.1) is 0 Å². The van der Waals surface area contributed by atoms with Gasteiger partial charge in [0.05, 0.1) is 18.9 Å². The van der Waals surface area contributed by atoms with Crippen LogP contribution in [0.5, 0.6) is 0 Å². The smallest absolute Gasteiger partial charge is 0.229 e. The summed E-state index contributed by atoms with van der Waals surface area (Å²) < 4.78 is 5.48. The number of morpholine rings is 1. The summed E-state index contributed by atoms with van der Waals surface area (Å²) in [6.45, 7) is 5.04. The van der Waals surface area contributed by atoms with Crippen LogP contribution >= 0.6 is 11.6 Å². The molecule has 0 aliphatic carbocycles. The van der Waals surface area contributed by atoms with Crippen LogP contribution in [0, 0.1) is 6.92 Å². The molecule has 1 N–H and O–H groups in total. The summed E-state index contributed by atoms with van der Waals surface area (Å²) in [4.78, 5) is 11.7. The standard InChI is InChI=1S/C21H21ClN4O/c1-15-17(22)8-5-9-18(15)23-21-24-19(16-6-3-2-4-7-16)14-20(25-21)26-10-12-27-13-11-26/h2-9,14H,10-13H2,1H3,(H,23,24,25). The van der Waals surface area contributed by atoms with E-state index in [2.05, 4.69) is 22.3 Å². The van der Waals surface area contributed by atoms with Gasteiger partial charge in [-0.25, -0.2) is 4.98 Å². The summed E-state index contributed by atoms with van der Waals surface area (Å²) in [7, 11) is 0. The first-order valence-electron chi connectivity index (χ1n) is 9.00. The van der Waals surface area contributed by atoms with E-state index in [1.165, 1.54) is 0 Å². The minimum absolute atomic E-state index is 0.559. The van der Waals surface area contributed by atoms with Crippen molar-refractivity contribution in [2.24, 2.45) is 0 Å².